The van der Waals surface area contributed by atoms with Crippen molar-refractivity contribution < 1.29 is 23.1 Å². The molecule has 2 heterocycles. The Bertz CT molecular complexity index is 1150. The van der Waals surface area contributed by atoms with Gasteiger partial charge in [0.15, 0.2) is 0 Å². The van der Waals surface area contributed by atoms with Crippen LogP contribution in [0.2, 0.25) is 0 Å². The van der Waals surface area contributed by atoms with Gasteiger partial charge >= 0.3 is 6.61 Å². The Morgan fingerprint density at radius 3 is 2.31 bits per heavy atom. The van der Waals surface area contributed by atoms with E-state index < -0.39 is 6.61 Å². The van der Waals surface area contributed by atoms with Gasteiger partial charge in [0.2, 0.25) is 5.91 Å². The van der Waals surface area contributed by atoms with Crippen LogP contribution < -0.4 is 10.1 Å². The number of nitrogens with one attached hydrogen (secondary N) is 1. The number of alkyl halides is 2. The van der Waals surface area contributed by atoms with Gasteiger partial charge in [0.05, 0.1) is 6.42 Å². The summed E-state index contributed by atoms with van der Waals surface area (Å²) in [6.45, 7) is -1.67. The van der Waals surface area contributed by atoms with Gasteiger partial charge in [-0.05, 0) is 88.3 Å². The molecule has 0 saturated carbocycles. The zero-order chi connectivity index (χ0) is 24.8. The van der Waals surface area contributed by atoms with Gasteiger partial charge in [-0.2, -0.15) is 8.78 Å². The number of ether oxygens (including phenoxy) is 1. The second kappa shape index (κ2) is 11.4. The van der Waals surface area contributed by atoms with Gasteiger partial charge in [0, 0.05) is 30.5 Å². The number of hydrogen-bond donors (Lipinski definition) is 1. The predicted octanol–water partition coefficient (Wildman–Crippen LogP) is 5.65. The number of likely N-dealkylation sites (tertiary alicyclic amines) is 1. The number of hydrogen-bond acceptors (Lipinski definition) is 4. The van der Waals surface area contributed by atoms with Crippen molar-refractivity contribution in [3.8, 4) is 5.75 Å². The van der Waals surface area contributed by atoms with E-state index in [1.807, 2.05) is 30.3 Å². The molecule has 1 fully saturated rings. The minimum Gasteiger partial charge on any atom is -0.435 e. The van der Waals surface area contributed by atoms with E-state index in [4.69, 9.17) is 0 Å². The van der Waals surface area contributed by atoms with E-state index in [9.17, 15) is 18.4 Å². The van der Waals surface area contributed by atoms with E-state index >= 15 is 0 Å². The molecule has 1 saturated heterocycles. The summed E-state index contributed by atoms with van der Waals surface area (Å²) in [5.74, 6) is 0.119. The lowest BCUT2D eigenvalue weighted by Gasteiger charge is -2.32. The molecular weight excluding hydrogens is 520 g/mol. The molecule has 1 aliphatic heterocycles. The Balaban J connectivity index is 1.27. The quantitative estimate of drug-likeness (QED) is 0.391. The standard InChI is InChI=1S/C26H24BrF2N3O3/c27-23-10-1-17(16-30-23)15-24(33)31-21-6-2-18(3-7-21)19-11-13-32(14-12-19)25(34)20-4-8-22(9-5-20)35-26(28)29/h1-10,16,19,26H,11-15H2,(H,31,33). The molecule has 0 aliphatic carbocycles. The fourth-order valence-electron chi connectivity index (χ4n) is 4.12. The van der Waals surface area contributed by atoms with Crippen LogP contribution >= 0.6 is 15.9 Å². The fraction of sp³-hybridized carbons (Fsp3) is 0.269. The Morgan fingerprint density at radius 1 is 1.03 bits per heavy atom. The predicted molar refractivity (Wildman–Crippen MR) is 132 cm³/mol. The third-order valence-corrected chi connectivity index (χ3v) is 6.40. The zero-order valence-electron chi connectivity index (χ0n) is 18.8. The van der Waals surface area contributed by atoms with Crippen molar-refractivity contribution in [1.29, 1.82) is 0 Å². The molecule has 0 radical (unpaired) electrons. The van der Waals surface area contributed by atoms with Crippen molar-refractivity contribution in [3.05, 3.63) is 88.2 Å². The van der Waals surface area contributed by atoms with Gasteiger partial charge in [-0.3, -0.25) is 9.59 Å². The summed E-state index contributed by atoms with van der Waals surface area (Å²) in [6.07, 6.45) is 3.55. The van der Waals surface area contributed by atoms with E-state index in [0.717, 1.165) is 28.7 Å². The van der Waals surface area contributed by atoms with Crippen LogP contribution in [-0.4, -0.2) is 41.4 Å². The summed E-state index contributed by atoms with van der Waals surface area (Å²) in [5.41, 5.74) is 3.18. The van der Waals surface area contributed by atoms with Crippen molar-refractivity contribution in [2.75, 3.05) is 18.4 Å². The maximum atomic E-state index is 12.8. The van der Waals surface area contributed by atoms with Gasteiger partial charge in [-0.15, -0.1) is 0 Å². The van der Waals surface area contributed by atoms with Crippen LogP contribution in [0.15, 0.2) is 71.5 Å². The second-order valence-electron chi connectivity index (χ2n) is 8.31. The van der Waals surface area contributed by atoms with E-state index in [2.05, 4.69) is 31.0 Å². The van der Waals surface area contributed by atoms with Crippen LogP contribution in [-0.2, 0) is 11.2 Å². The molecule has 0 atom stereocenters. The van der Waals surface area contributed by atoms with Crippen LogP contribution in [0, 0.1) is 0 Å². The van der Waals surface area contributed by atoms with E-state index in [1.165, 1.54) is 29.8 Å². The summed E-state index contributed by atoms with van der Waals surface area (Å²) in [5, 5.41) is 2.91. The smallest absolute Gasteiger partial charge is 0.387 e. The molecule has 4 rings (SSSR count). The molecule has 0 bridgehead atoms. The van der Waals surface area contributed by atoms with E-state index in [1.54, 1.807) is 17.2 Å². The third kappa shape index (κ3) is 6.85. The van der Waals surface area contributed by atoms with Crippen LogP contribution in [0.3, 0.4) is 0 Å². The fourth-order valence-corrected chi connectivity index (χ4v) is 4.35. The zero-order valence-corrected chi connectivity index (χ0v) is 20.4. The van der Waals surface area contributed by atoms with Crippen molar-refractivity contribution >= 4 is 33.4 Å². The highest BCUT2D eigenvalue weighted by molar-refractivity contribution is 9.10. The number of carbonyl (C=O) groups excluding carboxylic acids is 2. The number of carbonyl (C=O) groups is 2. The van der Waals surface area contributed by atoms with Crippen molar-refractivity contribution in [2.24, 2.45) is 0 Å². The average molecular weight is 544 g/mol. The topological polar surface area (TPSA) is 71.5 Å². The highest BCUT2D eigenvalue weighted by Crippen LogP contribution is 2.30. The lowest BCUT2D eigenvalue weighted by atomic mass is 9.89. The molecule has 9 heteroatoms. The minimum atomic E-state index is -2.89. The summed E-state index contributed by atoms with van der Waals surface area (Å²) < 4.78 is 29.7. The van der Waals surface area contributed by atoms with E-state index in [0.29, 0.717) is 24.6 Å². The van der Waals surface area contributed by atoms with Gasteiger partial charge in [0.25, 0.3) is 5.91 Å². The molecule has 35 heavy (non-hydrogen) atoms. The summed E-state index contributed by atoms with van der Waals surface area (Å²) in [4.78, 5) is 31.0. The molecule has 2 amide bonds. The number of halogens is 3. The molecule has 1 N–H and O–H groups in total. The highest BCUT2D eigenvalue weighted by atomic mass is 79.9. The van der Waals surface area contributed by atoms with Gasteiger partial charge in [-0.1, -0.05) is 18.2 Å². The first-order valence-electron chi connectivity index (χ1n) is 11.2. The van der Waals surface area contributed by atoms with Crippen LogP contribution in [0.25, 0.3) is 0 Å². The normalized spacial score (nSPS) is 14.1. The Kier molecular flexibility index (Phi) is 8.07. The number of aromatic nitrogens is 1. The lowest BCUT2D eigenvalue weighted by molar-refractivity contribution is -0.115. The molecule has 6 nitrogen and oxygen atoms in total. The molecule has 1 aromatic heterocycles. The molecule has 1 aliphatic rings. The number of amides is 2. The van der Waals surface area contributed by atoms with Gasteiger partial charge in [-0.25, -0.2) is 4.98 Å². The number of nitrogens with zero attached hydrogens (tertiary/aromatic N) is 2. The molecular formula is C26H24BrF2N3O3. The highest BCUT2D eigenvalue weighted by Gasteiger charge is 2.24. The van der Waals surface area contributed by atoms with Gasteiger partial charge in [0.1, 0.15) is 10.4 Å². The van der Waals surface area contributed by atoms with Crippen LogP contribution in [0.5, 0.6) is 5.75 Å². The number of rotatable bonds is 7. The number of pyridine rings is 1. The van der Waals surface area contributed by atoms with Crippen molar-refractivity contribution in [2.45, 2.75) is 31.8 Å². The molecule has 182 valence electrons. The molecule has 3 aromatic rings. The van der Waals surface area contributed by atoms with Gasteiger partial charge < -0.3 is 15.0 Å². The Morgan fingerprint density at radius 2 is 1.71 bits per heavy atom. The number of benzene rings is 2. The second-order valence-corrected chi connectivity index (χ2v) is 9.12. The summed E-state index contributed by atoms with van der Waals surface area (Å²) >= 11 is 3.28. The first-order valence-corrected chi connectivity index (χ1v) is 12.0. The maximum absolute atomic E-state index is 12.8. The monoisotopic (exact) mass is 543 g/mol. The van der Waals surface area contributed by atoms with Crippen LogP contribution in [0.1, 0.15) is 40.2 Å². The van der Waals surface area contributed by atoms with Crippen LogP contribution in [0.4, 0.5) is 14.5 Å². The van der Waals surface area contributed by atoms with Crippen molar-refractivity contribution in [1.82, 2.24) is 9.88 Å². The largest absolute Gasteiger partial charge is 0.435 e. The summed E-state index contributed by atoms with van der Waals surface area (Å²) in [6, 6.07) is 17.2. The molecule has 0 spiro atoms. The Hall–Kier alpha value is -3.33. The van der Waals surface area contributed by atoms with Crippen molar-refractivity contribution in [3.63, 3.8) is 0 Å². The van der Waals surface area contributed by atoms with E-state index in [-0.39, 0.29) is 24.0 Å². The first-order chi connectivity index (χ1) is 16.9. The molecule has 0 unspecified atom stereocenters. The maximum Gasteiger partial charge on any atom is 0.387 e. The minimum absolute atomic E-state index is 0.0280. The third-order valence-electron chi connectivity index (χ3n) is 5.93. The number of piperidine rings is 1. The molecule has 2 aromatic carbocycles. The lowest BCUT2D eigenvalue weighted by Crippen LogP contribution is -2.37. The SMILES string of the molecule is O=C(Cc1ccc(Br)nc1)Nc1ccc(C2CCN(C(=O)c3ccc(OC(F)F)cc3)CC2)cc1. The Labute approximate surface area is 210 Å². The number of anilines is 1. The first kappa shape index (κ1) is 24.8. The average Bonchev–Trinajstić information content (AvgIpc) is 2.86. The summed E-state index contributed by atoms with van der Waals surface area (Å²) in [7, 11) is 0.